The minimum Gasteiger partial charge on any atom is -0.385 e. The fourth-order valence-electron chi connectivity index (χ4n) is 2.63. The van der Waals surface area contributed by atoms with Crippen molar-refractivity contribution >= 4 is 33.9 Å². The summed E-state index contributed by atoms with van der Waals surface area (Å²) >= 11 is 0. The van der Waals surface area contributed by atoms with Gasteiger partial charge in [0.2, 0.25) is 0 Å². The first-order valence-corrected chi connectivity index (χ1v) is 8.28. The van der Waals surface area contributed by atoms with Crippen LogP contribution < -0.4 is 16.5 Å². The highest BCUT2D eigenvalue weighted by atomic mass is 16.6. The summed E-state index contributed by atoms with van der Waals surface area (Å²) in [6.45, 7) is 5.31. The van der Waals surface area contributed by atoms with Crippen molar-refractivity contribution in [2.75, 3.05) is 5.32 Å². The van der Waals surface area contributed by atoms with Gasteiger partial charge in [0.05, 0.1) is 10.6 Å². The number of aromatic nitrogens is 1. The standard InChI is InChI=1S/C19H18N6O3/c1-11(23-24-12(2)20)13-6-8-15(9-7-13)21-19(26)16-10-14-4-3-5-17(25(27)28)18(14)22-16/h3-10,22,24H,2,20H2,1H3,(H,21,26)/b23-11+. The van der Waals surface area contributed by atoms with Crippen molar-refractivity contribution in [1.29, 1.82) is 0 Å². The highest BCUT2D eigenvalue weighted by Gasteiger charge is 2.17. The van der Waals surface area contributed by atoms with Gasteiger partial charge in [0.1, 0.15) is 17.0 Å². The number of hydrogen-bond acceptors (Lipinski definition) is 6. The third-order valence-corrected chi connectivity index (χ3v) is 4.00. The first-order valence-electron chi connectivity index (χ1n) is 8.28. The number of carbonyl (C=O) groups is 1. The number of aromatic amines is 1. The molecule has 9 heteroatoms. The summed E-state index contributed by atoms with van der Waals surface area (Å²) in [6, 6.07) is 13.3. The zero-order chi connectivity index (χ0) is 20.3. The van der Waals surface area contributed by atoms with Crippen molar-refractivity contribution < 1.29 is 9.72 Å². The van der Waals surface area contributed by atoms with E-state index in [2.05, 4.69) is 27.4 Å². The molecule has 142 valence electrons. The van der Waals surface area contributed by atoms with Crippen LogP contribution in [0.4, 0.5) is 11.4 Å². The molecular formula is C19H18N6O3. The summed E-state index contributed by atoms with van der Waals surface area (Å²) in [5, 5.41) is 18.5. The molecular weight excluding hydrogens is 360 g/mol. The molecule has 0 aliphatic carbocycles. The third-order valence-electron chi connectivity index (χ3n) is 4.00. The number of hydrogen-bond donors (Lipinski definition) is 4. The SMILES string of the molecule is C=C(N)N/N=C(\C)c1ccc(NC(=O)c2cc3cccc([N+](=O)[O-])c3[nH]2)cc1. The van der Waals surface area contributed by atoms with Crippen molar-refractivity contribution in [1.82, 2.24) is 10.4 Å². The van der Waals surface area contributed by atoms with Gasteiger partial charge in [-0.15, -0.1) is 0 Å². The van der Waals surface area contributed by atoms with Gasteiger partial charge in [-0.1, -0.05) is 30.8 Å². The number of anilines is 1. The van der Waals surface area contributed by atoms with Crippen molar-refractivity contribution in [3.05, 3.63) is 82.3 Å². The number of hydrazone groups is 1. The normalized spacial score (nSPS) is 11.2. The average Bonchev–Trinajstić information content (AvgIpc) is 3.11. The fourth-order valence-corrected chi connectivity index (χ4v) is 2.63. The van der Waals surface area contributed by atoms with Crippen molar-refractivity contribution in [3.8, 4) is 0 Å². The number of nitrogens with two attached hydrogens (primary N) is 1. The molecule has 1 aromatic heterocycles. The molecule has 3 aromatic rings. The smallest absolute Gasteiger partial charge is 0.293 e. The van der Waals surface area contributed by atoms with E-state index < -0.39 is 10.8 Å². The highest BCUT2D eigenvalue weighted by Crippen LogP contribution is 2.25. The largest absolute Gasteiger partial charge is 0.385 e. The fraction of sp³-hybridized carbons (Fsp3) is 0.0526. The van der Waals surface area contributed by atoms with Crippen molar-refractivity contribution in [3.63, 3.8) is 0 Å². The molecule has 0 saturated heterocycles. The molecule has 5 N–H and O–H groups in total. The third kappa shape index (κ3) is 3.98. The summed E-state index contributed by atoms with van der Waals surface area (Å²) in [5.41, 5.74) is 10.6. The topological polar surface area (TPSA) is 138 Å². The highest BCUT2D eigenvalue weighted by molar-refractivity contribution is 6.07. The summed E-state index contributed by atoms with van der Waals surface area (Å²) in [7, 11) is 0. The van der Waals surface area contributed by atoms with E-state index in [0.717, 1.165) is 5.56 Å². The van der Waals surface area contributed by atoms with Crippen LogP contribution in [0.2, 0.25) is 0 Å². The predicted octanol–water partition coefficient (Wildman–Crippen LogP) is 3.07. The zero-order valence-corrected chi connectivity index (χ0v) is 15.0. The van der Waals surface area contributed by atoms with Crippen LogP contribution in [0.1, 0.15) is 23.0 Å². The van der Waals surface area contributed by atoms with Crippen LogP contribution >= 0.6 is 0 Å². The second-order valence-electron chi connectivity index (χ2n) is 6.05. The van der Waals surface area contributed by atoms with Gasteiger partial charge >= 0.3 is 0 Å². The van der Waals surface area contributed by atoms with Gasteiger partial charge in [0, 0.05) is 17.1 Å². The molecule has 0 aliphatic rings. The van der Waals surface area contributed by atoms with Gasteiger partial charge in [0.15, 0.2) is 0 Å². The molecule has 3 rings (SSSR count). The summed E-state index contributed by atoms with van der Waals surface area (Å²) in [5.74, 6) is -0.161. The number of non-ortho nitro benzene ring substituents is 1. The summed E-state index contributed by atoms with van der Waals surface area (Å²) in [6.07, 6.45) is 0. The van der Waals surface area contributed by atoms with E-state index in [0.29, 0.717) is 22.3 Å². The first-order chi connectivity index (χ1) is 13.3. The molecule has 0 unspecified atom stereocenters. The average molecular weight is 378 g/mol. The lowest BCUT2D eigenvalue weighted by molar-refractivity contribution is -0.383. The second-order valence-corrected chi connectivity index (χ2v) is 6.05. The Morgan fingerprint density at radius 1 is 1.25 bits per heavy atom. The van der Waals surface area contributed by atoms with E-state index in [1.54, 1.807) is 49.4 Å². The van der Waals surface area contributed by atoms with Gasteiger partial charge in [-0.05, 0) is 30.7 Å². The van der Waals surface area contributed by atoms with E-state index in [1.807, 2.05) is 0 Å². The lowest BCUT2D eigenvalue weighted by Crippen LogP contribution is -2.15. The lowest BCUT2D eigenvalue weighted by atomic mass is 10.1. The Hall–Kier alpha value is -4.14. The summed E-state index contributed by atoms with van der Waals surface area (Å²) < 4.78 is 0. The molecule has 0 fully saturated rings. The molecule has 1 amide bonds. The molecule has 0 aliphatic heterocycles. The van der Waals surface area contributed by atoms with Crippen LogP contribution in [0.15, 0.2) is 66.0 Å². The molecule has 0 bridgehead atoms. The Labute approximate surface area is 160 Å². The zero-order valence-electron chi connectivity index (χ0n) is 15.0. The van der Waals surface area contributed by atoms with Crippen LogP contribution in [0.5, 0.6) is 0 Å². The lowest BCUT2D eigenvalue weighted by Gasteiger charge is -2.06. The second kappa shape index (κ2) is 7.62. The number of nitro groups is 1. The minimum absolute atomic E-state index is 0.0792. The van der Waals surface area contributed by atoms with Gasteiger partial charge in [0.25, 0.3) is 11.6 Å². The Morgan fingerprint density at radius 3 is 2.61 bits per heavy atom. The summed E-state index contributed by atoms with van der Waals surface area (Å²) in [4.78, 5) is 25.9. The number of rotatable bonds is 6. The number of fused-ring (bicyclic) bond motifs is 1. The number of para-hydroxylation sites is 1. The van der Waals surface area contributed by atoms with E-state index in [1.165, 1.54) is 6.07 Å². The molecule has 0 atom stereocenters. The van der Waals surface area contributed by atoms with Crippen molar-refractivity contribution in [2.45, 2.75) is 6.92 Å². The molecule has 0 radical (unpaired) electrons. The van der Waals surface area contributed by atoms with Crippen LogP contribution in [0.25, 0.3) is 10.9 Å². The van der Waals surface area contributed by atoms with Crippen LogP contribution in [-0.2, 0) is 0 Å². The van der Waals surface area contributed by atoms with E-state index >= 15 is 0 Å². The van der Waals surface area contributed by atoms with Gasteiger partial charge < -0.3 is 16.0 Å². The van der Waals surface area contributed by atoms with E-state index in [9.17, 15) is 14.9 Å². The Morgan fingerprint density at radius 2 is 1.96 bits per heavy atom. The number of nitrogens with one attached hydrogen (secondary N) is 3. The molecule has 0 spiro atoms. The molecule has 28 heavy (non-hydrogen) atoms. The molecule has 9 nitrogen and oxygen atoms in total. The number of amides is 1. The number of benzene rings is 2. The van der Waals surface area contributed by atoms with Gasteiger partial charge in [-0.25, -0.2) is 0 Å². The van der Waals surface area contributed by atoms with E-state index in [4.69, 9.17) is 5.73 Å². The van der Waals surface area contributed by atoms with Gasteiger partial charge in [-0.3, -0.25) is 20.3 Å². The van der Waals surface area contributed by atoms with Crippen LogP contribution in [0, 0.1) is 10.1 Å². The molecule has 1 heterocycles. The maximum atomic E-state index is 12.5. The number of H-pyrrole nitrogens is 1. The number of nitro benzene ring substituents is 1. The maximum Gasteiger partial charge on any atom is 0.293 e. The van der Waals surface area contributed by atoms with Gasteiger partial charge in [-0.2, -0.15) is 5.10 Å². The van der Waals surface area contributed by atoms with E-state index in [-0.39, 0.29) is 17.2 Å². The predicted molar refractivity (Wildman–Crippen MR) is 108 cm³/mol. The first kappa shape index (κ1) is 18.6. The Balaban J connectivity index is 1.77. The minimum atomic E-state index is -0.488. The number of carbonyl (C=O) groups excluding carboxylic acids is 1. The Kier molecular flexibility index (Phi) is 5.07. The molecule has 0 saturated carbocycles. The molecule has 2 aromatic carbocycles. The maximum absolute atomic E-state index is 12.5. The van der Waals surface area contributed by atoms with Crippen molar-refractivity contribution in [2.24, 2.45) is 10.8 Å². The van der Waals surface area contributed by atoms with Crippen LogP contribution in [0.3, 0.4) is 0 Å². The van der Waals surface area contributed by atoms with Crippen LogP contribution in [-0.4, -0.2) is 21.5 Å². The Bertz CT molecular complexity index is 1100. The number of nitrogens with zero attached hydrogens (tertiary/aromatic N) is 2. The monoisotopic (exact) mass is 378 g/mol. The quantitative estimate of drug-likeness (QED) is 0.297.